The molecule has 1 saturated heterocycles. The number of benzene rings is 1. The van der Waals surface area contributed by atoms with Gasteiger partial charge in [-0.05, 0) is 25.0 Å². The number of ether oxygens (including phenoxy) is 1. The zero-order valence-corrected chi connectivity index (χ0v) is 17.7. The Kier molecular flexibility index (Phi) is 5.09. The first-order valence-corrected chi connectivity index (χ1v) is 10.5. The predicted octanol–water partition coefficient (Wildman–Crippen LogP) is 2.96. The molecule has 2 atom stereocenters. The molecule has 0 bridgehead atoms. The second-order valence-electron chi connectivity index (χ2n) is 7.87. The van der Waals surface area contributed by atoms with Crippen molar-refractivity contribution < 1.29 is 18.3 Å². The van der Waals surface area contributed by atoms with Gasteiger partial charge in [0.05, 0.1) is 24.4 Å². The zero-order chi connectivity index (χ0) is 22.4. The molecule has 5 rings (SSSR count). The highest BCUT2D eigenvalue weighted by Gasteiger charge is 2.41. The number of fused-ring (bicyclic) bond motifs is 1. The molecular weight excluding hydrogens is 418 g/mol. The van der Waals surface area contributed by atoms with Crippen molar-refractivity contribution in [2.24, 2.45) is 0 Å². The molecule has 166 valence electrons. The Balaban J connectivity index is 1.63. The van der Waals surface area contributed by atoms with E-state index < -0.39 is 11.6 Å². The molecular formula is C22H22F2N6O2. The molecule has 2 aromatic heterocycles. The highest BCUT2D eigenvalue weighted by Crippen LogP contribution is 2.38. The summed E-state index contributed by atoms with van der Waals surface area (Å²) in [5.74, 6) is -0.246. The Morgan fingerprint density at radius 1 is 1.25 bits per heavy atom. The molecule has 0 radical (unpaired) electrons. The Labute approximate surface area is 183 Å². The van der Waals surface area contributed by atoms with Gasteiger partial charge >= 0.3 is 0 Å². The van der Waals surface area contributed by atoms with E-state index >= 15 is 0 Å². The Bertz CT molecular complexity index is 1180. The van der Waals surface area contributed by atoms with Crippen molar-refractivity contribution in [1.29, 1.82) is 0 Å². The second-order valence-corrected chi connectivity index (χ2v) is 7.87. The van der Waals surface area contributed by atoms with Crippen LogP contribution in [0.2, 0.25) is 0 Å². The fraction of sp³-hybridized carbons (Fsp3) is 0.364. The fourth-order valence-electron chi connectivity index (χ4n) is 4.38. The molecule has 3 aromatic rings. The molecule has 2 aliphatic heterocycles. The lowest BCUT2D eigenvalue weighted by molar-refractivity contribution is -0.120. The van der Waals surface area contributed by atoms with Gasteiger partial charge in [-0.2, -0.15) is 4.98 Å². The molecule has 2 aliphatic rings. The van der Waals surface area contributed by atoms with Gasteiger partial charge in [0.2, 0.25) is 11.9 Å². The van der Waals surface area contributed by atoms with Gasteiger partial charge in [-0.1, -0.05) is 6.92 Å². The maximum Gasteiger partial charge on any atom is 0.249 e. The molecule has 0 spiro atoms. The third-order valence-electron chi connectivity index (χ3n) is 6.01. The SMILES string of the molecule is CC[C@@H]1C(=O)N(C)c2cnc(-n3ccnc3-c3ccc(F)cc3F)nc2N1C1CCOC1. The van der Waals surface area contributed by atoms with Crippen LogP contribution >= 0.6 is 0 Å². The number of halogens is 2. The summed E-state index contributed by atoms with van der Waals surface area (Å²) in [6.45, 7) is 3.12. The first-order valence-electron chi connectivity index (χ1n) is 10.5. The minimum absolute atomic E-state index is 0.0139. The highest BCUT2D eigenvalue weighted by molar-refractivity contribution is 6.04. The normalized spacial score (nSPS) is 20.7. The minimum atomic E-state index is -0.725. The van der Waals surface area contributed by atoms with E-state index in [2.05, 4.69) is 9.97 Å². The number of nitrogens with zero attached hydrogens (tertiary/aromatic N) is 6. The number of rotatable bonds is 4. The number of anilines is 2. The van der Waals surface area contributed by atoms with Gasteiger partial charge in [-0.25, -0.2) is 18.7 Å². The number of hydrogen-bond donors (Lipinski definition) is 0. The molecule has 1 aromatic carbocycles. The van der Waals surface area contributed by atoms with Crippen LogP contribution < -0.4 is 9.80 Å². The quantitative estimate of drug-likeness (QED) is 0.621. The standard InChI is InChI=1S/C22H22F2N6O2/c1-3-17-21(31)28(2)18-11-26-22(27-20(18)30(17)14-6-9-32-12-14)29-8-7-25-19(29)15-5-4-13(23)10-16(15)24/h4-5,7-8,10-11,14,17H,3,6,9,12H2,1-2H3/t14?,17-/m1/s1. The van der Waals surface area contributed by atoms with Crippen molar-refractivity contribution >= 4 is 17.4 Å². The summed E-state index contributed by atoms with van der Waals surface area (Å²) in [5.41, 5.74) is 0.738. The summed E-state index contributed by atoms with van der Waals surface area (Å²) in [6, 6.07) is 2.99. The van der Waals surface area contributed by atoms with Gasteiger partial charge in [0.1, 0.15) is 29.2 Å². The van der Waals surface area contributed by atoms with Crippen LogP contribution in [0.3, 0.4) is 0 Å². The Hall–Kier alpha value is -3.40. The third-order valence-corrected chi connectivity index (χ3v) is 6.01. The van der Waals surface area contributed by atoms with E-state index in [4.69, 9.17) is 9.72 Å². The summed E-state index contributed by atoms with van der Waals surface area (Å²) >= 11 is 0. The van der Waals surface area contributed by atoms with Crippen LogP contribution in [0.5, 0.6) is 0 Å². The lowest BCUT2D eigenvalue weighted by atomic mass is 10.0. The van der Waals surface area contributed by atoms with Gasteiger partial charge < -0.3 is 14.5 Å². The van der Waals surface area contributed by atoms with E-state index in [0.717, 1.165) is 12.5 Å². The number of hydrogen-bond acceptors (Lipinski definition) is 6. The average molecular weight is 440 g/mol. The number of imidazole rings is 1. The van der Waals surface area contributed by atoms with E-state index in [1.54, 1.807) is 28.9 Å². The molecule has 0 aliphatic carbocycles. The maximum absolute atomic E-state index is 14.4. The van der Waals surface area contributed by atoms with E-state index in [1.165, 1.54) is 18.3 Å². The largest absolute Gasteiger partial charge is 0.379 e. The number of likely N-dealkylation sites (N-methyl/N-ethyl adjacent to an activating group) is 1. The summed E-state index contributed by atoms with van der Waals surface area (Å²) in [5, 5.41) is 0. The summed E-state index contributed by atoms with van der Waals surface area (Å²) in [7, 11) is 1.71. The first kappa shape index (κ1) is 20.5. The van der Waals surface area contributed by atoms with E-state index in [1.807, 2.05) is 11.8 Å². The smallest absolute Gasteiger partial charge is 0.249 e. The van der Waals surface area contributed by atoms with Crippen LogP contribution in [0.1, 0.15) is 19.8 Å². The van der Waals surface area contributed by atoms with Crippen molar-refractivity contribution in [3.05, 3.63) is 48.4 Å². The number of carbonyl (C=O) groups excluding carboxylic acids is 1. The minimum Gasteiger partial charge on any atom is -0.379 e. The molecule has 0 saturated carbocycles. The first-order chi connectivity index (χ1) is 15.5. The monoisotopic (exact) mass is 440 g/mol. The van der Waals surface area contributed by atoms with Crippen molar-refractivity contribution in [3.63, 3.8) is 0 Å². The Morgan fingerprint density at radius 3 is 2.81 bits per heavy atom. The Morgan fingerprint density at radius 2 is 2.09 bits per heavy atom. The zero-order valence-electron chi connectivity index (χ0n) is 17.7. The van der Waals surface area contributed by atoms with Crippen molar-refractivity contribution in [2.75, 3.05) is 30.1 Å². The van der Waals surface area contributed by atoms with Crippen LogP contribution in [0.4, 0.5) is 20.3 Å². The molecule has 32 heavy (non-hydrogen) atoms. The van der Waals surface area contributed by atoms with Crippen molar-refractivity contribution in [3.8, 4) is 17.3 Å². The lowest BCUT2D eigenvalue weighted by Crippen LogP contribution is -2.56. The molecule has 1 fully saturated rings. The van der Waals surface area contributed by atoms with E-state index in [-0.39, 0.29) is 35.3 Å². The van der Waals surface area contributed by atoms with E-state index in [9.17, 15) is 13.6 Å². The van der Waals surface area contributed by atoms with Crippen LogP contribution in [-0.4, -0.2) is 57.8 Å². The van der Waals surface area contributed by atoms with Crippen molar-refractivity contribution in [2.45, 2.75) is 31.8 Å². The summed E-state index contributed by atoms with van der Waals surface area (Å²) in [6.07, 6.45) is 6.14. The summed E-state index contributed by atoms with van der Waals surface area (Å²) < 4.78 is 35.0. The van der Waals surface area contributed by atoms with Crippen LogP contribution in [0, 0.1) is 11.6 Å². The van der Waals surface area contributed by atoms with Gasteiger partial charge in [0.15, 0.2) is 5.82 Å². The van der Waals surface area contributed by atoms with Gasteiger partial charge in [-0.3, -0.25) is 9.36 Å². The number of aromatic nitrogens is 4. The van der Waals surface area contributed by atoms with Gasteiger partial charge in [0, 0.05) is 32.1 Å². The highest BCUT2D eigenvalue weighted by atomic mass is 19.1. The van der Waals surface area contributed by atoms with Crippen molar-refractivity contribution in [1.82, 2.24) is 19.5 Å². The van der Waals surface area contributed by atoms with Crippen LogP contribution in [0.25, 0.3) is 17.3 Å². The molecule has 1 amide bonds. The molecule has 1 unspecified atom stereocenters. The number of carbonyl (C=O) groups is 1. The number of amides is 1. The fourth-order valence-corrected chi connectivity index (χ4v) is 4.38. The molecule has 0 N–H and O–H groups in total. The predicted molar refractivity (Wildman–Crippen MR) is 114 cm³/mol. The average Bonchev–Trinajstić information content (AvgIpc) is 3.48. The molecule has 8 nitrogen and oxygen atoms in total. The van der Waals surface area contributed by atoms with Gasteiger partial charge in [-0.15, -0.1) is 0 Å². The second kappa shape index (κ2) is 7.94. The van der Waals surface area contributed by atoms with Crippen LogP contribution in [-0.2, 0) is 9.53 Å². The topological polar surface area (TPSA) is 76.4 Å². The van der Waals surface area contributed by atoms with Crippen LogP contribution in [0.15, 0.2) is 36.8 Å². The van der Waals surface area contributed by atoms with E-state index in [0.29, 0.717) is 31.1 Å². The summed E-state index contributed by atoms with van der Waals surface area (Å²) in [4.78, 5) is 30.1. The molecule has 10 heteroatoms. The lowest BCUT2D eigenvalue weighted by Gasteiger charge is -2.43. The molecule has 4 heterocycles. The van der Waals surface area contributed by atoms with Gasteiger partial charge in [0.25, 0.3) is 0 Å². The maximum atomic E-state index is 14.4. The third kappa shape index (κ3) is 3.22.